The van der Waals surface area contributed by atoms with Crippen molar-refractivity contribution >= 4 is 15.7 Å². The number of aryl methyl sites for hydroxylation is 1. The fourth-order valence-electron chi connectivity index (χ4n) is 2.92. The Labute approximate surface area is 136 Å². The number of nitrogens with one attached hydrogen (secondary N) is 1. The van der Waals surface area contributed by atoms with E-state index >= 15 is 0 Å². The first-order valence-corrected chi connectivity index (χ1v) is 9.25. The van der Waals surface area contributed by atoms with Crippen LogP contribution >= 0.6 is 0 Å². The standard InChI is InChI=1S/C15H23N3O4S/c1-12-6-7-13(18(19)20)10-14(12)23(21,22)17-11-15(16)8-4-2-3-5-9-15/h6-7,10,17H,2-5,8-9,11,16H2,1H3. The van der Waals surface area contributed by atoms with E-state index in [-0.39, 0.29) is 17.1 Å². The summed E-state index contributed by atoms with van der Waals surface area (Å²) in [5, 5.41) is 10.9. The minimum atomic E-state index is -3.83. The minimum absolute atomic E-state index is 0.0658. The quantitative estimate of drug-likeness (QED) is 0.484. The fourth-order valence-corrected chi connectivity index (χ4v) is 4.32. The maximum absolute atomic E-state index is 12.5. The average Bonchev–Trinajstić information content (AvgIpc) is 2.71. The molecule has 1 aliphatic rings. The lowest BCUT2D eigenvalue weighted by Crippen LogP contribution is -2.49. The molecule has 1 saturated carbocycles. The maximum Gasteiger partial charge on any atom is 0.270 e. The van der Waals surface area contributed by atoms with Crippen LogP contribution in [0, 0.1) is 17.0 Å². The number of nitrogens with zero attached hydrogens (tertiary/aromatic N) is 1. The van der Waals surface area contributed by atoms with Gasteiger partial charge in [0.1, 0.15) is 0 Å². The Morgan fingerprint density at radius 1 is 1.26 bits per heavy atom. The first-order valence-electron chi connectivity index (χ1n) is 7.77. The highest BCUT2D eigenvalue weighted by atomic mass is 32.2. The third-order valence-corrected chi connectivity index (χ3v) is 5.93. The van der Waals surface area contributed by atoms with Gasteiger partial charge in [-0.1, -0.05) is 31.7 Å². The number of nitro groups is 1. The van der Waals surface area contributed by atoms with Gasteiger partial charge < -0.3 is 5.73 Å². The summed E-state index contributed by atoms with van der Waals surface area (Å²) in [5.74, 6) is 0. The van der Waals surface area contributed by atoms with Crippen LogP contribution in [0.4, 0.5) is 5.69 Å². The van der Waals surface area contributed by atoms with Gasteiger partial charge in [0.05, 0.1) is 9.82 Å². The summed E-state index contributed by atoms with van der Waals surface area (Å²) < 4.78 is 27.6. The van der Waals surface area contributed by atoms with E-state index < -0.39 is 20.5 Å². The highest BCUT2D eigenvalue weighted by Crippen LogP contribution is 2.26. The van der Waals surface area contributed by atoms with Crippen molar-refractivity contribution in [3.8, 4) is 0 Å². The second-order valence-corrected chi connectivity index (χ2v) is 8.04. The molecular weight excluding hydrogens is 318 g/mol. The van der Waals surface area contributed by atoms with Crippen LogP contribution in [0.3, 0.4) is 0 Å². The molecule has 1 fully saturated rings. The predicted octanol–water partition coefficient (Wildman–Crippen LogP) is 2.23. The van der Waals surface area contributed by atoms with Crippen molar-refractivity contribution < 1.29 is 13.3 Å². The molecule has 1 aromatic carbocycles. The smallest absolute Gasteiger partial charge is 0.270 e. The largest absolute Gasteiger partial charge is 0.324 e. The second kappa shape index (κ2) is 6.94. The van der Waals surface area contributed by atoms with Crippen LogP contribution in [0.2, 0.25) is 0 Å². The molecule has 128 valence electrons. The van der Waals surface area contributed by atoms with Gasteiger partial charge in [0.2, 0.25) is 10.0 Å². The van der Waals surface area contributed by atoms with Crippen molar-refractivity contribution in [2.75, 3.05) is 6.54 Å². The van der Waals surface area contributed by atoms with Gasteiger partial charge in [0.15, 0.2) is 0 Å². The molecular formula is C15H23N3O4S. The first kappa shape index (κ1) is 17.8. The summed E-state index contributed by atoms with van der Waals surface area (Å²) in [4.78, 5) is 10.2. The zero-order valence-corrected chi connectivity index (χ0v) is 14.1. The van der Waals surface area contributed by atoms with Crippen LogP contribution < -0.4 is 10.5 Å². The van der Waals surface area contributed by atoms with Crippen molar-refractivity contribution in [3.05, 3.63) is 33.9 Å². The molecule has 1 aromatic rings. The Morgan fingerprint density at radius 2 is 1.87 bits per heavy atom. The SMILES string of the molecule is Cc1ccc([N+](=O)[O-])cc1S(=O)(=O)NCC1(N)CCCCCC1. The Morgan fingerprint density at radius 3 is 2.43 bits per heavy atom. The van der Waals surface area contributed by atoms with Crippen LogP contribution in [0.5, 0.6) is 0 Å². The number of benzene rings is 1. The lowest BCUT2D eigenvalue weighted by molar-refractivity contribution is -0.385. The molecule has 23 heavy (non-hydrogen) atoms. The van der Waals surface area contributed by atoms with E-state index in [4.69, 9.17) is 5.73 Å². The molecule has 0 saturated heterocycles. The molecule has 0 spiro atoms. The van der Waals surface area contributed by atoms with Gasteiger partial charge in [-0.3, -0.25) is 10.1 Å². The second-order valence-electron chi connectivity index (χ2n) is 6.31. The van der Waals surface area contributed by atoms with Gasteiger partial charge in [-0.25, -0.2) is 13.1 Å². The molecule has 7 nitrogen and oxygen atoms in total. The highest BCUT2D eigenvalue weighted by molar-refractivity contribution is 7.89. The van der Waals surface area contributed by atoms with Crippen LogP contribution in [-0.2, 0) is 10.0 Å². The molecule has 0 unspecified atom stereocenters. The summed E-state index contributed by atoms with van der Waals surface area (Å²) in [6.07, 6.45) is 5.79. The van der Waals surface area contributed by atoms with Crippen molar-refractivity contribution in [1.29, 1.82) is 0 Å². The minimum Gasteiger partial charge on any atom is -0.324 e. The van der Waals surface area contributed by atoms with E-state index in [0.29, 0.717) is 5.56 Å². The van der Waals surface area contributed by atoms with Crippen LogP contribution in [0.25, 0.3) is 0 Å². The molecule has 0 radical (unpaired) electrons. The van der Waals surface area contributed by atoms with Gasteiger partial charge in [-0.2, -0.15) is 0 Å². The normalized spacial score (nSPS) is 18.3. The summed E-state index contributed by atoms with van der Waals surface area (Å²) >= 11 is 0. The summed E-state index contributed by atoms with van der Waals surface area (Å²) in [5.41, 5.74) is 6.01. The maximum atomic E-state index is 12.5. The van der Waals surface area contributed by atoms with E-state index in [0.717, 1.165) is 44.6 Å². The average molecular weight is 341 g/mol. The molecule has 0 amide bonds. The number of non-ortho nitro benzene ring substituents is 1. The Hall–Kier alpha value is -1.51. The lowest BCUT2D eigenvalue weighted by Gasteiger charge is -2.28. The Balaban J connectivity index is 2.18. The molecule has 0 bridgehead atoms. The van der Waals surface area contributed by atoms with Gasteiger partial charge in [0.25, 0.3) is 5.69 Å². The monoisotopic (exact) mass is 341 g/mol. The van der Waals surface area contributed by atoms with Crippen LogP contribution in [0.15, 0.2) is 23.1 Å². The van der Waals surface area contributed by atoms with Crippen LogP contribution in [-0.4, -0.2) is 25.4 Å². The topological polar surface area (TPSA) is 115 Å². The third kappa shape index (κ3) is 4.49. The molecule has 0 aromatic heterocycles. The van der Waals surface area contributed by atoms with E-state index in [1.54, 1.807) is 6.92 Å². The Kier molecular flexibility index (Phi) is 5.38. The number of rotatable bonds is 5. The highest BCUT2D eigenvalue weighted by Gasteiger charge is 2.29. The number of hydrogen-bond donors (Lipinski definition) is 2. The van der Waals surface area contributed by atoms with Crippen molar-refractivity contribution in [3.63, 3.8) is 0 Å². The summed E-state index contributed by atoms with van der Waals surface area (Å²) in [7, 11) is -3.83. The molecule has 3 N–H and O–H groups in total. The van der Waals surface area contributed by atoms with Gasteiger partial charge in [-0.05, 0) is 25.3 Å². The van der Waals surface area contributed by atoms with E-state index in [9.17, 15) is 18.5 Å². The van der Waals surface area contributed by atoms with Gasteiger partial charge in [0, 0.05) is 24.2 Å². The van der Waals surface area contributed by atoms with Crippen molar-refractivity contribution in [1.82, 2.24) is 4.72 Å². The van der Waals surface area contributed by atoms with Gasteiger partial charge >= 0.3 is 0 Å². The van der Waals surface area contributed by atoms with Crippen LogP contribution in [0.1, 0.15) is 44.1 Å². The number of hydrogen-bond acceptors (Lipinski definition) is 5. The Bertz CT molecular complexity index is 680. The molecule has 1 aliphatic carbocycles. The summed E-state index contributed by atoms with van der Waals surface area (Å²) in [6, 6.07) is 3.83. The third-order valence-electron chi connectivity index (χ3n) is 4.39. The lowest BCUT2D eigenvalue weighted by atomic mass is 9.92. The predicted molar refractivity (Wildman–Crippen MR) is 87.6 cm³/mol. The summed E-state index contributed by atoms with van der Waals surface area (Å²) in [6.45, 7) is 1.76. The van der Waals surface area contributed by atoms with E-state index in [1.165, 1.54) is 12.1 Å². The zero-order chi connectivity index (χ0) is 17.1. The van der Waals surface area contributed by atoms with Crippen molar-refractivity contribution in [2.24, 2.45) is 5.73 Å². The first-order chi connectivity index (χ1) is 10.7. The number of nitro benzene ring substituents is 1. The van der Waals surface area contributed by atoms with E-state index in [2.05, 4.69) is 4.72 Å². The fraction of sp³-hybridized carbons (Fsp3) is 0.600. The number of nitrogens with two attached hydrogens (primary N) is 1. The zero-order valence-electron chi connectivity index (χ0n) is 13.2. The van der Waals surface area contributed by atoms with Gasteiger partial charge in [-0.15, -0.1) is 0 Å². The molecule has 2 rings (SSSR count). The molecule has 0 aliphatic heterocycles. The molecule has 0 atom stereocenters. The molecule has 0 heterocycles. The number of sulfonamides is 1. The molecule has 8 heteroatoms. The van der Waals surface area contributed by atoms with E-state index in [1.807, 2.05) is 0 Å². The van der Waals surface area contributed by atoms with Crippen molar-refractivity contribution in [2.45, 2.75) is 55.9 Å².